The van der Waals surface area contributed by atoms with Crippen LogP contribution in [0.5, 0.6) is 0 Å². The summed E-state index contributed by atoms with van der Waals surface area (Å²) >= 11 is 0. The van der Waals surface area contributed by atoms with Gasteiger partial charge in [0.25, 0.3) is 0 Å². The minimum Gasteiger partial charge on any atom is -0.445 e. The molecule has 0 saturated heterocycles. The Balaban J connectivity index is 1.78. The summed E-state index contributed by atoms with van der Waals surface area (Å²) in [5.74, 6) is -0.666. The van der Waals surface area contributed by atoms with Crippen LogP contribution in [0.25, 0.3) is 0 Å². The number of ether oxygens (including phenoxy) is 4. The summed E-state index contributed by atoms with van der Waals surface area (Å²) in [6.07, 6.45) is 3.40. The molecule has 0 aliphatic carbocycles. The molecule has 6 amide bonds. The lowest BCUT2D eigenvalue weighted by Crippen LogP contribution is -2.47. The lowest BCUT2D eigenvalue weighted by molar-refractivity contribution is -0.124. The van der Waals surface area contributed by atoms with Gasteiger partial charge in [-0.15, -0.1) is 0 Å². The van der Waals surface area contributed by atoms with Gasteiger partial charge in [0.15, 0.2) is 0 Å². The number of unbranched alkanes of at least 4 members (excludes halogenated alkanes) is 5. The van der Waals surface area contributed by atoms with Gasteiger partial charge in [0.05, 0.1) is 0 Å². The highest BCUT2D eigenvalue weighted by Crippen LogP contribution is 2.10. The first-order valence-electron chi connectivity index (χ1n) is 20.9. The van der Waals surface area contributed by atoms with E-state index in [0.29, 0.717) is 77.5 Å². The maximum Gasteiger partial charge on any atom is 0.408 e. The topological polar surface area (TPSA) is 212 Å². The standard InChI is InChI=1S/C44H68N6O10/c1-43(2,3)59-39(53)47-29-19-15-25-35(49-41(55)57-31-33-21-11-9-12-22-33)37(51)45-27-17-7-8-18-28-46-38(52)36(26-16-20-30-48-40(54)60-44(4,5)6)50-42(56)58-32-34-23-13-10-14-24-34/h9-14,21-24,35-36H,7-8,15-20,25-32H2,1-6H3,(H,45,51)(H,46,52)(H,47,53)(H,48,54)(H,49,55)(H,50,56)/t35-,36-/m0/s1. The van der Waals surface area contributed by atoms with Crippen LogP contribution in [0, 0.1) is 0 Å². The van der Waals surface area contributed by atoms with Crippen molar-refractivity contribution in [3.8, 4) is 0 Å². The van der Waals surface area contributed by atoms with Gasteiger partial charge >= 0.3 is 24.4 Å². The third-order valence-electron chi connectivity index (χ3n) is 8.52. The first-order chi connectivity index (χ1) is 28.5. The number of rotatable bonds is 25. The lowest BCUT2D eigenvalue weighted by Gasteiger charge is -2.20. The zero-order valence-electron chi connectivity index (χ0n) is 36.3. The number of amides is 6. The molecule has 0 fully saturated rings. The maximum absolute atomic E-state index is 13.2. The predicted molar refractivity (Wildman–Crippen MR) is 228 cm³/mol. The average molecular weight is 841 g/mol. The molecule has 2 rings (SSSR count). The van der Waals surface area contributed by atoms with Crippen molar-refractivity contribution in [1.29, 1.82) is 0 Å². The van der Waals surface area contributed by atoms with Gasteiger partial charge in [0.1, 0.15) is 36.5 Å². The summed E-state index contributed by atoms with van der Waals surface area (Å²) in [6.45, 7) is 12.3. The van der Waals surface area contributed by atoms with Crippen LogP contribution in [0.2, 0.25) is 0 Å². The van der Waals surface area contributed by atoms with Crippen molar-refractivity contribution in [2.24, 2.45) is 0 Å². The Morgan fingerprint density at radius 1 is 0.450 bits per heavy atom. The summed E-state index contributed by atoms with van der Waals surface area (Å²) in [7, 11) is 0. The zero-order valence-corrected chi connectivity index (χ0v) is 36.3. The number of carbonyl (C=O) groups is 6. The van der Waals surface area contributed by atoms with E-state index in [9.17, 15) is 28.8 Å². The summed E-state index contributed by atoms with van der Waals surface area (Å²) in [5, 5.41) is 16.6. The fraction of sp³-hybridized carbons (Fsp3) is 0.591. The van der Waals surface area contributed by atoms with Gasteiger partial charge in [-0.25, -0.2) is 19.2 Å². The predicted octanol–water partition coefficient (Wildman–Crippen LogP) is 6.76. The van der Waals surface area contributed by atoms with E-state index in [0.717, 1.165) is 24.0 Å². The molecule has 2 atom stereocenters. The minimum absolute atomic E-state index is 0.0643. The number of benzene rings is 2. The van der Waals surface area contributed by atoms with Gasteiger partial charge < -0.3 is 50.8 Å². The number of alkyl carbamates (subject to hydrolysis) is 4. The summed E-state index contributed by atoms with van der Waals surface area (Å²) < 4.78 is 21.2. The summed E-state index contributed by atoms with van der Waals surface area (Å²) in [4.78, 5) is 75.5. The minimum atomic E-state index is -0.830. The van der Waals surface area contributed by atoms with E-state index in [-0.39, 0.29) is 25.0 Å². The van der Waals surface area contributed by atoms with Crippen molar-refractivity contribution in [3.05, 3.63) is 71.8 Å². The Labute approximate surface area is 355 Å². The van der Waals surface area contributed by atoms with Crippen LogP contribution < -0.4 is 31.9 Å². The molecule has 0 spiro atoms. The van der Waals surface area contributed by atoms with E-state index >= 15 is 0 Å². The highest BCUT2D eigenvalue weighted by atomic mass is 16.6. The monoisotopic (exact) mass is 840 g/mol. The third-order valence-corrected chi connectivity index (χ3v) is 8.52. The third kappa shape index (κ3) is 25.7. The van der Waals surface area contributed by atoms with E-state index in [2.05, 4.69) is 31.9 Å². The Morgan fingerprint density at radius 2 is 0.783 bits per heavy atom. The highest BCUT2D eigenvalue weighted by Gasteiger charge is 2.23. The van der Waals surface area contributed by atoms with E-state index in [1.807, 2.05) is 60.7 Å². The van der Waals surface area contributed by atoms with Gasteiger partial charge in [-0.2, -0.15) is 0 Å². The molecular weight excluding hydrogens is 773 g/mol. The molecule has 0 unspecified atom stereocenters. The van der Waals surface area contributed by atoms with Gasteiger partial charge in [-0.3, -0.25) is 9.59 Å². The Kier molecular flexibility index (Phi) is 23.6. The smallest absolute Gasteiger partial charge is 0.408 e. The van der Waals surface area contributed by atoms with Crippen LogP contribution in [0.3, 0.4) is 0 Å². The average Bonchev–Trinajstić information content (AvgIpc) is 3.18. The van der Waals surface area contributed by atoms with Crippen LogP contribution in [0.15, 0.2) is 60.7 Å². The van der Waals surface area contributed by atoms with Crippen molar-refractivity contribution in [2.45, 2.75) is 142 Å². The Hall–Kier alpha value is -5.54. The Bertz CT molecular complexity index is 1460. The normalized spacial score (nSPS) is 12.2. The summed E-state index contributed by atoms with van der Waals surface area (Å²) in [6, 6.07) is 16.8. The lowest BCUT2D eigenvalue weighted by atomic mass is 10.1. The molecule has 0 aromatic heterocycles. The molecule has 2 aromatic carbocycles. The molecule has 0 aliphatic heterocycles. The fourth-order valence-corrected chi connectivity index (χ4v) is 5.58. The van der Waals surface area contributed by atoms with Crippen LogP contribution >= 0.6 is 0 Å². The SMILES string of the molecule is CC(C)(C)OC(=O)NCCCC[C@H](NC(=O)OCc1ccccc1)C(=O)NCCCCCCNC(=O)[C@H](CCCCNC(=O)OC(C)(C)C)NC(=O)OCc1ccccc1. The molecule has 6 N–H and O–H groups in total. The molecule has 334 valence electrons. The Morgan fingerprint density at radius 3 is 1.13 bits per heavy atom. The molecule has 0 saturated carbocycles. The van der Waals surface area contributed by atoms with Crippen molar-refractivity contribution in [1.82, 2.24) is 31.9 Å². The number of carbonyl (C=O) groups excluding carboxylic acids is 6. The molecule has 0 radical (unpaired) electrons. The highest BCUT2D eigenvalue weighted by molar-refractivity contribution is 5.86. The van der Waals surface area contributed by atoms with E-state index < -0.39 is 47.7 Å². The van der Waals surface area contributed by atoms with Crippen molar-refractivity contribution in [3.63, 3.8) is 0 Å². The van der Waals surface area contributed by atoms with Gasteiger partial charge in [-0.1, -0.05) is 73.5 Å². The largest absolute Gasteiger partial charge is 0.445 e. The molecule has 2 aromatic rings. The van der Waals surface area contributed by atoms with Gasteiger partial charge in [0, 0.05) is 26.2 Å². The van der Waals surface area contributed by atoms with Crippen LogP contribution in [0.1, 0.15) is 117 Å². The quantitative estimate of drug-likeness (QED) is 0.0457. The van der Waals surface area contributed by atoms with E-state index in [1.165, 1.54) is 0 Å². The first-order valence-corrected chi connectivity index (χ1v) is 20.9. The first kappa shape index (κ1) is 50.6. The second kappa shape index (κ2) is 28.0. The van der Waals surface area contributed by atoms with Crippen LogP contribution in [-0.2, 0) is 41.8 Å². The van der Waals surface area contributed by atoms with Gasteiger partial charge in [0.2, 0.25) is 11.8 Å². The molecule has 60 heavy (non-hydrogen) atoms. The van der Waals surface area contributed by atoms with Crippen molar-refractivity contribution in [2.75, 3.05) is 26.2 Å². The molecule has 0 bridgehead atoms. The molecule has 0 aliphatic rings. The second-order valence-electron chi connectivity index (χ2n) is 16.4. The molecule has 16 nitrogen and oxygen atoms in total. The number of hydrogen-bond donors (Lipinski definition) is 6. The molecule has 16 heteroatoms. The maximum atomic E-state index is 13.2. The van der Waals surface area contributed by atoms with Crippen LogP contribution in [0.4, 0.5) is 19.2 Å². The second-order valence-corrected chi connectivity index (χ2v) is 16.4. The van der Waals surface area contributed by atoms with Gasteiger partial charge in [-0.05, 0) is 104 Å². The number of nitrogens with one attached hydrogen (secondary N) is 6. The fourth-order valence-electron chi connectivity index (χ4n) is 5.58. The van der Waals surface area contributed by atoms with Crippen molar-refractivity contribution < 1.29 is 47.7 Å². The van der Waals surface area contributed by atoms with Crippen molar-refractivity contribution >= 4 is 36.2 Å². The van der Waals surface area contributed by atoms with Crippen LogP contribution in [-0.4, -0.2) is 85.7 Å². The number of hydrogen-bond acceptors (Lipinski definition) is 10. The van der Waals surface area contributed by atoms with E-state index in [1.54, 1.807) is 41.5 Å². The molecular formula is C44H68N6O10. The summed E-state index contributed by atoms with van der Waals surface area (Å²) in [5.41, 5.74) is 0.420. The zero-order chi connectivity index (χ0) is 44.2. The molecule has 0 heterocycles. The van der Waals surface area contributed by atoms with E-state index in [4.69, 9.17) is 18.9 Å².